The summed E-state index contributed by atoms with van der Waals surface area (Å²) in [5.74, 6) is -1.26. The molecule has 1 aromatic heterocycles. The molecule has 1 saturated carbocycles. The number of H-pyrrole nitrogens is 1. The second-order valence-corrected chi connectivity index (χ2v) is 9.46. The van der Waals surface area contributed by atoms with E-state index in [0.717, 1.165) is 12.8 Å². The van der Waals surface area contributed by atoms with Gasteiger partial charge in [0.25, 0.3) is 0 Å². The van der Waals surface area contributed by atoms with Crippen LogP contribution in [0.15, 0.2) is 29.2 Å². The molecule has 29 heavy (non-hydrogen) atoms. The van der Waals surface area contributed by atoms with E-state index in [1.54, 1.807) is 13.0 Å². The summed E-state index contributed by atoms with van der Waals surface area (Å²) in [4.78, 5) is 13.7. The Bertz CT molecular complexity index is 1230. The molecule has 2 aliphatic carbocycles. The minimum atomic E-state index is -3.88. The van der Waals surface area contributed by atoms with Crippen molar-refractivity contribution in [2.24, 2.45) is 0 Å². The maximum atomic E-state index is 12.5. The smallest absolute Gasteiger partial charge is 0.352 e. The minimum Gasteiger partial charge on any atom is -0.507 e. The van der Waals surface area contributed by atoms with Gasteiger partial charge in [-0.05, 0) is 38.0 Å². The van der Waals surface area contributed by atoms with Gasteiger partial charge < -0.3 is 19.9 Å². The molecule has 2 aromatic rings. The van der Waals surface area contributed by atoms with Crippen molar-refractivity contribution in [3.8, 4) is 11.5 Å². The number of aromatic hydroxyl groups is 1. The summed E-state index contributed by atoms with van der Waals surface area (Å²) in [5, 5.41) is 20.6. The molecular weight excluding hydrogens is 420 g/mol. The number of nitrogens with one attached hydrogen (secondary N) is 2. The number of phenolic OH excluding ortho intramolecular Hbond substituents is 1. The van der Waals surface area contributed by atoms with Gasteiger partial charge in [0.2, 0.25) is 10.0 Å². The molecule has 1 atom stereocenters. The first kappa shape index (κ1) is 19.8. The molecule has 0 saturated heterocycles. The number of ether oxygens (including phenoxy) is 1. The van der Waals surface area contributed by atoms with Crippen molar-refractivity contribution >= 4 is 38.7 Å². The largest absolute Gasteiger partial charge is 0.507 e. The first-order valence-corrected chi connectivity index (χ1v) is 10.8. The molecule has 0 amide bonds. The van der Waals surface area contributed by atoms with E-state index in [0.29, 0.717) is 22.0 Å². The zero-order valence-electron chi connectivity index (χ0n) is 15.4. The number of carbonyl (C=O) groups is 1. The maximum absolute atomic E-state index is 12.5. The van der Waals surface area contributed by atoms with Gasteiger partial charge in [-0.15, -0.1) is 0 Å². The standard InChI is InChI=1S/C19H19ClN2O6S/c1-19(7-6-13-12(17(19)20)9-14(21-13)18(24)25)28-11-4-5-15(23)16(8-11)29(26,27)22-10-2-3-10/h4-6,8-10,21-23H,2-3,7H2,1H3,(H,24,25). The number of aromatic carboxylic acids is 1. The van der Waals surface area contributed by atoms with Gasteiger partial charge in [-0.3, -0.25) is 0 Å². The molecule has 1 fully saturated rings. The molecule has 0 bridgehead atoms. The second kappa shape index (κ2) is 6.79. The van der Waals surface area contributed by atoms with Crippen LogP contribution in [0.1, 0.15) is 36.7 Å². The van der Waals surface area contributed by atoms with E-state index in [9.17, 15) is 18.3 Å². The number of phenols is 1. The normalized spacial score (nSPS) is 21.4. The molecule has 1 unspecified atom stereocenters. The van der Waals surface area contributed by atoms with Crippen LogP contribution in [0, 0.1) is 0 Å². The van der Waals surface area contributed by atoms with E-state index in [-0.39, 0.29) is 28.1 Å². The number of sulfonamides is 1. The van der Waals surface area contributed by atoms with Crippen LogP contribution in [0.4, 0.5) is 0 Å². The molecule has 154 valence electrons. The van der Waals surface area contributed by atoms with E-state index >= 15 is 0 Å². The van der Waals surface area contributed by atoms with Crippen LogP contribution >= 0.6 is 11.6 Å². The average Bonchev–Trinajstić information content (AvgIpc) is 3.33. The van der Waals surface area contributed by atoms with E-state index in [2.05, 4.69) is 9.71 Å². The first-order chi connectivity index (χ1) is 13.6. The number of halogens is 1. The van der Waals surface area contributed by atoms with Gasteiger partial charge >= 0.3 is 5.97 Å². The number of carboxylic acids is 1. The highest BCUT2D eigenvalue weighted by molar-refractivity contribution is 7.89. The lowest BCUT2D eigenvalue weighted by atomic mass is 9.96. The Balaban J connectivity index is 1.69. The lowest BCUT2D eigenvalue weighted by molar-refractivity contribution is 0.0691. The van der Waals surface area contributed by atoms with Crippen molar-refractivity contribution in [3.63, 3.8) is 0 Å². The number of rotatable bonds is 6. The average molecular weight is 439 g/mol. The second-order valence-electron chi connectivity index (χ2n) is 7.40. The van der Waals surface area contributed by atoms with Gasteiger partial charge in [0.1, 0.15) is 27.7 Å². The summed E-state index contributed by atoms with van der Waals surface area (Å²) in [5.41, 5.74) is -1.02. The van der Waals surface area contributed by atoms with E-state index < -0.39 is 21.6 Å². The molecule has 1 heterocycles. The number of aromatic nitrogens is 1. The Kier molecular flexibility index (Phi) is 4.64. The SMILES string of the molecule is CC1(Oc2ccc(O)c(S(=O)(=O)NC3CC3)c2)CC=c2[nH]c(C(=O)O)cc2=C1Cl. The molecule has 0 radical (unpaired) electrons. The predicted octanol–water partition coefficient (Wildman–Crippen LogP) is 1.23. The molecule has 8 nitrogen and oxygen atoms in total. The van der Waals surface area contributed by atoms with Gasteiger partial charge in [-0.2, -0.15) is 0 Å². The summed E-state index contributed by atoms with van der Waals surface area (Å²) in [6, 6.07) is 5.29. The summed E-state index contributed by atoms with van der Waals surface area (Å²) in [6.45, 7) is 1.73. The maximum Gasteiger partial charge on any atom is 0.352 e. The molecular formula is C19H19ClN2O6S. The fourth-order valence-electron chi connectivity index (χ4n) is 3.20. The minimum absolute atomic E-state index is 0.0119. The van der Waals surface area contributed by atoms with Gasteiger partial charge in [0.05, 0.1) is 5.03 Å². The third-order valence-electron chi connectivity index (χ3n) is 4.94. The molecule has 2 aliphatic rings. The molecule has 1 aromatic carbocycles. The first-order valence-electron chi connectivity index (χ1n) is 8.96. The summed E-state index contributed by atoms with van der Waals surface area (Å²) < 4.78 is 33.5. The number of hydrogen-bond donors (Lipinski definition) is 4. The Hall–Kier alpha value is -2.49. The molecule has 4 rings (SSSR count). The van der Waals surface area contributed by atoms with Gasteiger partial charge in [0.15, 0.2) is 0 Å². The van der Waals surface area contributed by atoms with E-state index in [1.807, 2.05) is 0 Å². The molecule has 4 N–H and O–H groups in total. The third-order valence-corrected chi connectivity index (χ3v) is 7.09. The lowest BCUT2D eigenvalue weighted by Gasteiger charge is -2.31. The van der Waals surface area contributed by atoms with Crippen LogP contribution in [0.5, 0.6) is 11.5 Å². The van der Waals surface area contributed by atoms with Crippen LogP contribution in [-0.4, -0.2) is 41.2 Å². The number of aromatic amines is 1. The number of benzene rings is 1. The topological polar surface area (TPSA) is 129 Å². The van der Waals surface area contributed by atoms with Gasteiger partial charge in [0, 0.05) is 29.1 Å². The lowest BCUT2D eigenvalue weighted by Crippen LogP contribution is -2.42. The summed E-state index contributed by atoms with van der Waals surface area (Å²) in [6.07, 6.45) is 3.65. The van der Waals surface area contributed by atoms with Crippen molar-refractivity contribution in [2.45, 2.75) is 42.7 Å². The molecule has 0 aliphatic heterocycles. The number of fused-ring (bicyclic) bond motifs is 1. The highest BCUT2D eigenvalue weighted by Gasteiger charge is 2.34. The fraction of sp³-hybridized carbons (Fsp3) is 0.316. The summed E-state index contributed by atoms with van der Waals surface area (Å²) in [7, 11) is -3.88. The Labute approximate surface area is 171 Å². The molecule has 10 heteroatoms. The van der Waals surface area contributed by atoms with Crippen molar-refractivity contribution in [1.29, 1.82) is 0 Å². The van der Waals surface area contributed by atoms with E-state index in [4.69, 9.17) is 21.4 Å². The highest BCUT2D eigenvalue weighted by Crippen LogP contribution is 2.36. The predicted molar refractivity (Wildman–Crippen MR) is 106 cm³/mol. The van der Waals surface area contributed by atoms with Crippen LogP contribution in [0.3, 0.4) is 0 Å². The van der Waals surface area contributed by atoms with Crippen molar-refractivity contribution in [2.75, 3.05) is 0 Å². The van der Waals surface area contributed by atoms with Crippen molar-refractivity contribution in [3.05, 3.63) is 40.5 Å². The van der Waals surface area contributed by atoms with Crippen molar-refractivity contribution in [1.82, 2.24) is 9.71 Å². The Morgan fingerprint density at radius 1 is 1.34 bits per heavy atom. The third kappa shape index (κ3) is 3.73. The zero-order chi connectivity index (χ0) is 21.0. The Morgan fingerprint density at radius 2 is 2.07 bits per heavy atom. The van der Waals surface area contributed by atoms with Crippen LogP contribution in [0.2, 0.25) is 0 Å². The van der Waals surface area contributed by atoms with Crippen LogP contribution in [-0.2, 0) is 10.0 Å². The summed E-state index contributed by atoms with van der Waals surface area (Å²) >= 11 is 6.54. The zero-order valence-corrected chi connectivity index (χ0v) is 17.0. The highest BCUT2D eigenvalue weighted by atomic mass is 35.5. The van der Waals surface area contributed by atoms with Gasteiger partial charge in [-0.1, -0.05) is 17.7 Å². The Morgan fingerprint density at radius 3 is 2.72 bits per heavy atom. The van der Waals surface area contributed by atoms with E-state index in [1.165, 1.54) is 24.3 Å². The number of carboxylic acid groups (broad SMARTS) is 1. The number of hydrogen-bond acceptors (Lipinski definition) is 5. The molecule has 0 spiro atoms. The van der Waals surface area contributed by atoms with Crippen LogP contribution in [0.25, 0.3) is 11.1 Å². The van der Waals surface area contributed by atoms with Crippen LogP contribution < -0.4 is 20.0 Å². The van der Waals surface area contributed by atoms with Gasteiger partial charge in [-0.25, -0.2) is 17.9 Å². The fourth-order valence-corrected chi connectivity index (χ4v) is 4.89. The van der Waals surface area contributed by atoms with Crippen molar-refractivity contribution < 1.29 is 28.2 Å². The quantitative estimate of drug-likeness (QED) is 0.537. The monoisotopic (exact) mass is 438 g/mol.